The molecule has 0 aliphatic rings. The van der Waals surface area contributed by atoms with Crippen molar-refractivity contribution in [3.8, 4) is 5.75 Å². The zero-order valence-corrected chi connectivity index (χ0v) is 15.6. The normalized spacial score (nSPS) is 12.0. The second kappa shape index (κ2) is 7.98. The number of urea groups is 1. The largest absolute Gasteiger partial charge is 0.573 e. The van der Waals surface area contributed by atoms with Crippen LogP contribution in [0.5, 0.6) is 5.75 Å². The van der Waals surface area contributed by atoms with E-state index in [4.69, 9.17) is 11.6 Å². The van der Waals surface area contributed by atoms with Crippen molar-refractivity contribution in [2.75, 3.05) is 5.32 Å². The molecule has 0 bridgehead atoms. The third-order valence-corrected chi connectivity index (χ3v) is 3.92. The number of halogens is 7. The first-order valence-electron chi connectivity index (χ1n) is 8.05. The highest BCUT2D eigenvalue weighted by Gasteiger charge is 2.32. The lowest BCUT2D eigenvalue weighted by atomic mass is 10.3. The third-order valence-electron chi connectivity index (χ3n) is 3.64. The van der Waals surface area contributed by atoms with Crippen LogP contribution in [-0.2, 0) is 6.18 Å². The molecule has 0 fully saturated rings. The van der Waals surface area contributed by atoms with Gasteiger partial charge in [-0.05, 0) is 30.3 Å². The molecule has 3 amide bonds. The molecule has 2 heterocycles. The van der Waals surface area contributed by atoms with Gasteiger partial charge < -0.3 is 14.5 Å². The van der Waals surface area contributed by atoms with Crippen LogP contribution in [0, 0.1) is 0 Å². The Balaban J connectivity index is 1.69. The van der Waals surface area contributed by atoms with Crippen LogP contribution in [0.4, 0.5) is 36.8 Å². The molecule has 1 aromatic carbocycles. The van der Waals surface area contributed by atoms with Crippen molar-refractivity contribution in [2.24, 2.45) is 0 Å². The molecule has 164 valence electrons. The number of imide groups is 1. The van der Waals surface area contributed by atoms with Gasteiger partial charge in [0.2, 0.25) is 0 Å². The van der Waals surface area contributed by atoms with E-state index in [2.05, 4.69) is 15.0 Å². The van der Waals surface area contributed by atoms with Crippen LogP contribution in [0.2, 0.25) is 5.02 Å². The molecule has 0 aliphatic heterocycles. The molecule has 0 aliphatic carbocycles. The zero-order valence-electron chi connectivity index (χ0n) is 14.8. The number of fused-ring (bicyclic) bond motifs is 1. The highest BCUT2D eigenvalue weighted by atomic mass is 35.5. The van der Waals surface area contributed by atoms with Gasteiger partial charge in [-0.25, -0.2) is 9.78 Å². The maximum Gasteiger partial charge on any atom is 0.573 e. The number of anilines is 1. The average Bonchev–Trinajstić information content (AvgIpc) is 3.06. The number of benzene rings is 1. The Morgan fingerprint density at radius 3 is 2.26 bits per heavy atom. The van der Waals surface area contributed by atoms with Gasteiger partial charge in [-0.3, -0.25) is 10.1 Å². The van der Waals surface area contributed by atoms with Crippen molar-refractivity contribution in [1.29, 1.82) is 0 Å². The number of carbonyl (C=O) groups excluding carboxylic acids is 2. The van der Waals surface area contributed by atoms with Crippen LogP contribution >= 0.6 is 11.6 Å². The molecule has 31 heavy (non-hydrogen) atoms. The monoisotopic (exact) mass is 466 g/mol. The molecule has 7 nitrogen and oxygen atoms in total. The summed E-state index contributed by atoms with van der Waals surface area (Å²) in [4.78, 5) is 27.9. The number of amides is 3. The molecule has 0 atom stereocenters. The summed E-state index contributed by atoms with van der Waals surface area (Å²) in [5, 5.41) is 3.71. The molecule has 0 saturated carbocycles. The van der Waals surface area contributed by atoms with Gasteiger partial charge in [0.1, 0.15) is 11.4 Å². The second-order valence-corrected chi connectivity index (χ2v) is 6.32. The van der Waals surface area contributed by atoms with Gasteiger partial charge in [-0.2, -0.15) is 13.2 Å². The number of ether oxygens (including phenoxy) is 1. The molecule has 3 aromatic rings. The molecule has 0 unspecified atom stereocenters. The molecular weight excluding hydrogens is 458 g/mol. The number of carbonyl (C=O) groups is 2. The number of hydrogen-bond acceptors (Lipinski definition) is 4. The molecule has 0 spiro atoms. The third kappa shape index (κ3) is 5.57. The number of nitrogens with zero attached hydrogens (tertiary/aromatic N) is 2. The smallest absolute Gasteiger partial charge is 0.406 e. The van der Waals surface area contributed by atoms with Crippen LogP contribution in [0.25, 0.3) is 5.65 Å². The second-order valence-electron chi connectivity index (χ2n) is 5.91. The minimum atomic E-state index is -4.88. The summed E-state index contributed by atoms with van der Waals surface area (Å²) < 4.78 is 79.5. The predicted molar refractivity (Wildman–Crippen MR) is 94.8 cm³/mol. The maximum absolute atomic E-state index is 12.9. The first kappa shape index (κ1) is 22.2. The summed E-state index contributed by atoms with van der Waals surface area (Å²) >= 11 is 5.78. The van der Waals surface area contributed by atoms with Gasteiger partial charge in [0.15, 0.2) is 5.65 Å². The van der Waals surface area contributed by atoms with Crippen molar-refractivity contribution in [2.45, 2.75) is 12.5 Å². The number of rotatable bonds is 3. The lowest BCUT2D eigenvalue weighted by Gasteiger charge is -2.10. The van der Waals surface area contributed by atoms with E-state index in [1.807, 2.05) is 5.32 Å². The average molecular weight is 467 g/mol. The van der Waals surface area contributed by atoms with E-state index in [0.717, 1.165) is 34.9 Å². The van der Waals surface area contributed by atoms with Crippen LogP contribution in [0.3, 0.4) is 0 Å². The van der Waals surface area contributed by atoms with Crippen LogP contribution in [0.1, 0.15) is 16.1 Å². The van der Waals surface area contributed by atoms with Gasteiger partial charge in [0, 0.05) is 18.1 Å². The van der Waals surface area contributed by atoms with Crippen LogP contribution in [-0.4, -0.2) is 27.7 Å². The molecule has 0 saturated heterocycles. The summed E-state index contributed by atoms with van der Waals surface area (Å²) in [6.07, 6.45) is -7.93. The molecule has 3 rings (SSSR count). The summed E-state index contributed by atoms with van der Waals surface area (Å²) in [7, 11) is 0. The summed E-state index contributed by atoms with van der Waals surface area (Å²) in [6.45, 7) is 0. The maximum atomic E-state index is 12.9. The van der Waals surface area contributed by atoms with Gasteiger partial charge >= 0.3 is 18.6 Å². The van der Waals surface area contributed by atoms with Gasteiger partial charge in [0.25, 0.3) is 5.91 Å². The van der Waals surface area contributed by atoms with E-state index >= 15 is 0 Å². The molecule has 0 radical (unpaired) electrons. The van der Waals surface area contributed by atoms with E-state index < -0.39 is 41.5 Å². The van der Waals surface area contributed by atoms with E-state index in [1.54, 1.807) is 0 Å². The summed E-state index contributed by atoms with van der Waals surface area (Å²) in [5.74, 6) is -1.57. The van der Waals surface area contributed by atoms with E-state index in [-0.39, 0.29) is 16.4 Å². The minimum absolute atomic E-state index is 0.0349. The van der Waals surface area contributed by atoms with E-state index in [1.165, 1.54) is 0 Å². The minimum Gasteiger partial charge on any atom is -0.406 e. The standard InChI is InChI=1S/C17H9ClF6N4O3/c18-11-5-8(16(19,20)21)6-28-7-12(26-13(11)28)14(29)27-15(30)25-9-1-3-10(4-2-9)31-17(22,23)24/h1-7H,(H2,25,27,29,30). The number of hydrogen-bond donors (Lipinski definition) is 2. The molecule has 2 N–H and O–H groups in total. The van der Waals surface area contributed by atoms with E-state index in [0.29, 0.717) is 12.3 Å². The zero-order chi connectivity index (χ0) is 23.0. The Bertz CT molecular complexity index is 1140. The van der Waals surface area contributed by atoms with Crippen molar-refractivity contribution < 1.29 is 40.7 Å². The van der Waals surface area contributed by atoms with Crippen LogP contribution < -0.4 is 15.4 Å². The van der Waals surface area contributed by atoms with Crippen molar-refractivity contribution in [3.63, 3.8) is 0 Å². The number of pyridine rings is 1. The Labute approximate surface area is 173 Å². The first-order valence-corrected chi connectivity index (χ1v) is 8.43. The van der Waals surface area contributed by atoms with Crippen molar-refractivity contribution in [3.05, 3.63) is 59.0 Å². The fraction of sp³-hybridized carbons (Fsp3) is 0.118. The molecule has 2 aromatic heterocycles. The Kier molecular flexibility index (Phi) is 5.72. The SMILES string of the molecule is O=C(NC(=O)c1cn2cc(C(F)(F)F)cc(Cl)c2n1)Nc1ccc(OC(F)(F)F)cc1. The van der Waals surface area contributed by atoms with Gasteiger partial charge in [0.05, 0.1) is 10.6 Å². The Hall–Kier alpha value is -3.48. The number of aromatic nitrogens is 2. The molecule has 14 heteroatoms. The predicted octanol–water partition coefficient (Wildman–Crippen LogP) is 4.87. The Morgan fingerprint density at radius 2 is 1.68 bits per heavy atom. The highest BCUT2D eigenvalue weighted by Crippen LogP contribution is 2.32. The molecular formula is C17H9ClF6N4O3. The summed E-state index contributed by atoms with van der Waals surface area (Å²) in [5.41, 5.74) is -1.57. The number of alkyl halides is 6. The van der Waals surface area contributed by atoms with Gasteiger partial charge in [-0.15, -0.1) is 13.2 Å². The number of imidazole rings is 1. The number of nitrogens with one attached hydrogen (secondary N) is 2. The topological polar surface area (TPSA) is 84.7 Å². The lowest BCUT2D eigenvalue weighted by Crippen LogP contribution is -2.34. The summed E-state index contributed by atoms with van der Waals surface area (Å²) in [6, 6.07) is 3.64. The van der Waals surface area contributed by atoms with Gasteiger partial charge in [-0.1, -0.05) is 11.6 Å². The van der Waals surface area contributed by atoms with Crippen molar-refractivity contribution >= 4 is 34.9 Å². The Morgan fingerprint density at radius 1 is 1.03 bits per heavy atom. The fourth-order valence-electron chi connectivity index (χ4n) is 2.39. The lowest BCUT2D eigenvalue weighted by molar-refractivity contribution is -0.274. The van der Waals surface area contributed by atoms with E-state index in [9.17, 15) is 35.9 Å². The fourth-order valence-corrected chi connectivity index (χ4v) is 2.65. The first-order chi connectivity index (χ1) is 14.3. The highest BCUT2D eigenvalue weighted by molar-refractivity contribution is 6.33. The van der Waals surface area contributed by atoms with Crippen LogP contribution in [0.15, 0.2) is 42.7 Å². The quantitative estimate of drug-likeness (QED) is 0.540. The van der Waals surface area contributed by atoms with Crippen molar-refractivity contribution in [1.82, 2.24) is 14.7 Å².